The van der Waals surface area contributed by atoms with Gasteiger partial charge < -0.3 is 14.2 Å². The Labute approximate surface area is 203 Å². The van der Waals surface area contributed by atoms with E-state index in [1.807, 2.05) is 0 Å². The van der Waals surface area contributed by atoms with Crippen molar-refractivity contribution in [3.05, 3.63) is 77.9 Å². The third-order valence-electron chi connectivity index (χ3n) is 4.92. The number of carbonyl (C=O) groups excluding carboxylic acids is 2. The summed E-state index contributed by atoms with van der Waals surface area (Å²) in [6.45, 7) is 0. The van der Waals surface area contributed by atoms with Crippen molar-refractivity contribution in [2.24, 2.45) is 0 Å². The lowest BCUT2D eigenvalue weighted by molar-refractivity contribution is -0.121. The first-order valence-corrected chi connectivity index (χ1v) is 11.8. The van der Waals surface area contributed by atoms with Crippen molar-refractivity contribution in [3.63, 3.8) is 0 Å². The normalized spacial score (nSPS) is 10.7. The lowest BCUT2D eigenvalue weighted by Crippen LogP contribution is -2.42. The standard InChI is InChI=1S/C24H25N3O7S/c1-32-18-12-11-16(22(15-18)34-3)14-23(28)25-26-24(29)17-7-6-8-19(13-17)35(30,31)27-20-9-4-5-10-21(20)33-2/h4-13,15,27H,14H2,1-3H3,(H,25,28)(H,26,29). The molecule has 3 aromatic rings. The number of sulfonamides is 1. The number of hydrogen-bond acceptors (Lipinski definition) is 7. The highest BCUT2D eigenvalue weighted by Gasteiger charge is 2.19. The Bertz CT molecular complexity index is 1330. The van der Waals surface area contributed by atoms with Crippen LogP contribution >= 0.6 is 0 Å². The maximum atomic E-state index is 12.8. The number of ether oxygens (including phenoxy) is 3. The quantitative estimate of drug-likeness (QED) is 0.386. The zero-order valence-electron chi connectivity index (χ0n) is 19.3. The van der Waals surface area contributed by atoms with Crippen LogP contribution in [0.4, 0.5) is 5.69 Å². The summed E-state index contributed by atoms with van der Waals surface area (Å²) in [7, 11) is 0.412. The highest BCUT2D eigenvalue weighted by atomic mass is 32.2. The van der Waals surface area contributed by atoms with Gasteiger partial charge in [-0.15, -0.1) is 0 Å². The molecule has 3 rings (SSSR count). The molecule has 0 aromatic heterocycles. The molecule has 35 heavy (non-hydrogen) atoms. The number of rotatable bonds is 9. The fourth-order valence-corrected chi connectivity index (χ4v) is 4.27. The highest BCUT2D eigenvalue weighted by molar-refractivity contribution is 7.92. The molecule has 0 aliphatic heterocycles. The minimum atomic E-state index is -4.01. The summed E-state index contributed by atoms with van der Waals surface area (Å²) < 4.78 is 43.7. The first-order valence-electron chi connectivity index (χ1n) is 10.3. The molecule has 0 fully saturated rings. The zero-order valence-corrected chi connectivity index (χ0v) is 20.1. The minimum Gasteiger partial charge on any atom is -0.497 e. The summed E-state index contributed by atoms with van der Waals surface area (Å²) >= 11 is 0. The Hall–Kier alpha value is -4.25. The van der Waals surface area contributed by atoms with Crippen molar-refractivity contribution >= 4 is 27.5 Å². The molecule has 3 N–H and O–H groups in total. The van der Waals surface area contributed by atoms with E-state index in [-0.39, 0.29) is 22.6 Å². The summed E-state index contributed by atoms with van der Waals surface area (Å²) in [6.07, 6.45) is -0.0648. The van der Waals surface area contributed by atoms with E-state index in [0.717, 1.165) is 0 Å². The van der Waals surface area contributed by atoms with Crippen molar-refractivity contribution < 1.29 is 32.2 Å². The van der Waals surface area contributed by atoms with Gasteiger partial charge in [0.05, 0.1) is 38.3 Å². The Morgan fingerprint density at radius 1 is 0.800 bits per heavy atom. The summed E-state index contributed by atoms with van der Waals surface area (Å²) in [5.41, 5.74) is 5.49. The van der Waals surface area contributed by atoms with E-state index < -0.39 is 21.8 Å². The average Bonchev–Trinajstić information content (AvgIpc) is 2.87. The Balaban J connectivity index is 1.66. The van der Waals surface area contributed by atoms with Crippen LogP contribution in [-0.4, -0.2) is 41.6 Å². The van der Waals surface area contributed by atoms with E-state index >= 15 is 0 Å². The number of amides is 2. The van der Waals surface area contributed by atoms with Gasteiger partial charge in [-0.3, -0.25) is 25.2 Å². The Kier molecular flexibility index (Phi) is 8.16. The smallest absolute Gasteiger partial charge is 0.269 e. The number of carbonyl (C=O) groups is 2. The molecule has 0 heterocycles. The van der Waals surface area contributed by atoms with Crippen LogP contribution in [0.1, 0.15) is 15.9 Å². The number of hydrazine groups is 1. The van der Waals surface area contributed by atoms with Crippen molar-refractivity contribution in [2.45, 2.75) is 11.3 Å². The summed E-state index contributed by atoms with van der Waals surface area (Å²) in [5.74, 6) is 0.208. The fourth-order valence-electron chi connectivity index (χ4n) is 3.15. The molecule has 0 unspecified atom stereocenters. The SMILES string of the molecule is COc1ccc(CC(=O)NNC(=O)c2cccc(S(=O)(=O)Nc3ccccc3OC)c2)c(OC)c1. The summed E-state index contributed by atoms with van der Waals surface area (Å²) in [5, 5.41) is 0. The molecule has 2 amide bonds. The van der Waals surface area contributed by atoms with Gasteiger partial charge in [-0.05, 0) is 36.4 Å². The minimum absolute atomic E-state index is 0.0372. The number of methoxy groups -OCH3 is 3. The van der Waals surface area contributed by atoms with Gasteiger partial charge in [0.1, 0.15) is 17.2 Å². The average molecular weight is 500 g/mol. The number of nitrogens with one attached hydrogen (secondary N) is 3. The molecule has 0 saturated carbocycles. The first kappa shape index (κ1) is 25.4. The molecule has 0 saturated heterocycles. The molecular weight excluding hydrogens is 474 g/mol. The third-order valence-corrected chi connectivity index (χ3v) is 6.28. The Morgan fingerprint density at radius 2 is 1.54 bits per heavy atom. The molecule has 0 spiro atoms. The van der Waals surface area contributed by atoms with Gasteiger partial charge in [-0.25, -0.2) is 8.42 Å². The van der Waals surface area contributed by atoms with Gasteiger partial charge in [-0.1, -0.05) is 24.3 Å². The summed E-state index contributed by atoms with van der Waals surface area (Å²) in [4.78, 5) is 24.7. The molecule has 0 bridgehead atoms. The predicted molar refractivity (Wildman–Crippen MR) is 129 cm³/mol. The van der Waals surface area contributed by atoms with E-state index in [1.165, 1.54) is 45.6 Å². The molecule has 0 aliphatic rings. The van der Waals surface area contributed by atoms with Crippen LogP contribution < -0.4 is 29.8 Å². The lowest BCUT2D eigenvalue weighted by Gasteiger charge is -2.13. The van der Waals surface area contributed by atoms with Crippen LogP contribution in [0.25, 0.3) is 0 Å². The Morgan fingerprint density at radius 3 is 2.26 bits per heavy atom. The maximum Gasteiger partial charge on any atom is 0.269 e. The van der Waals surface area contributed by atoms with Gasteiger partial charge >= 0.3 is 0 Å². The first-order chi connectivity index (χ1) is 16.8. The van der Waals surface area contributed by atoms with Gasteiger partial charge in [0.15, 0.2) is 0 Å². The summed E-state index contributed by atoms with van der Waals surface area (Å²) in [6, 6.07) is 17.0. The molecular formula is C24H25N3O7S. The van der Waals surface area contributed by atoms with E-state index in [0.29, 0.717) is 22.8 Å². The molecule has 184 valence electrons. The number of benzene rings is 3. The van der Waals surface area contributed by atoms with Gasteiger partial charge in [0, 0.05) is 17.2 Å². The topological polar surface area (TPSA) is 132 Å². The second kappa shape index (κ2) is 11.3. The lowest BCUT2D eigenvalue weighted by atomic mass is 10.1. The third kappa shape index (κ3) is 6.42. The van der Waals surface area contributed by atoms with E-state index in [2.05, 4.69) is 15.6 Å². The van der Waals surface area contributed by atoms with Crippen LogP contribution in [0.15, 0.2) is 71.6 Å². The highest BCUT2D eigenvalue weighted by Crippen LogP contribution is 2.27. The van der Waals surface area contributed by atoms with E-state index in [9.17, 15) is 18.0 Å². The molecule has 0 radical (unpaired) electrons. The predicted octanol–water partition coefficient (Wildman–Crippen LogP) is 2.52. The van der Waals surface area contributed by atoms with Gasteiger partial charge in [0.25, 0.3) is 15.9 Å². The van der Waals surface area contributed by atoms with Crippen LogP contribution in [0, 0.1) is 0 Å². The number of para-hydroxylation sites is 2. The van der Waals surface area contributed by atoms with Gasteiger partial charge in [0.2, 0.25) is 5.91 Å². The van der Waals surface area contributed by atoms with Crippen molar-refractivity contribution in [2.75, 3.05) is 26.1 Å². The van der Waals surface area contributed by atoms with Crippen LogP contribution in [0.3, 0.4) is 0 Å². The molecule has 0 aliphatic carbocycles. The van der Waals surface area contributed by atoms with E-state index in [4.69, 9.17) is 14.2 Å². The zero-order chi connectivity index (χ0) is 25.4. The van der Waals surface area contributed by atoms with Crippen molar-refractivity contribution in [1.29, 1.82) is 0 Å². The molecule has 10 nitrogen and oxygen atoms in total. The molecule has 11 heteroatoms. The van der Waals surface area contributed by atoms with Crippen molar-refractivity contribution in [1.82, 2.24) is 10.9 Å². The molecule has 3 aromatic carbocycles. The maximum absolute atomic E-state index is 12.8. The molecule has 0 atom stereocenters. The monoisotopic (exact) mass is 499 g/mol. The number of hydrogen-bond donors (Lipinski definition) is 3. The second-order valence-corrected chi connectivity index (χ2v) is 8.87. The second-order valence-electron chi connectivity index (χ2n) is 7.19. The largest absolute Gasteiger partial charge is 0.497 e. The van der Waals surface area contributed by atoms with Crippen LogP contribution in [0.2, 0.25) is 0 Å². The van der Waals surface area contributed by atoms with Crippen molar-refractivity contribution in [3.8, 4) is 17.2 Å². The van der Waals surface area contributed by atoms with E-state index in [1.54, 1.807) is 42.5 Å². The fraction of sp³-hybridized carbons (Fsp3) is 0.167. The number of anilines is 1. The van der Waals surface area contributed by atoms with Crippen LogP contribution in [0.5, 0.6) is 17.2 Å². The van der Waals surface area contributed by atoms with Gasteiger partial charge in [-0.2, -0.15) is 0 Å². The van der Waals surface area contributed by atoms with Crippen LogP contribution in [-0.2, 0) is 21.2 Å².